The van der Waals surface area contributed by atoms with Crippen molar-refractivity contribution in [2.45, 2.75) is 38.6 Å². The second kappa shape index (κ2) is 5.40. The summed E-state index contributed by atoms with van der Waals surface area (Å²) in [6.07, 6.45) is 2.12. The van der Waals surface area contributed by atoms with Crippen molar-refractivity contribution in [3.8, 4) is 5.75 Å². The number of hydrogen-bond donors (Lipinski definition) is 2. The number of rotatable bonds is 3. The molecule has 110 valence electrons. The van der Waals surface area contributed by atoms with Crippen molar-refractivity contribution in [3.63, 3.8) is 0 Å². The minimum atomic E-state index is -0.178. The Hall–Kier alpha value is -2.03. The molecule has 0 bridgehead atoms. The maximum Gasteiger partial charge on any atom is 0.123 e. The zero-order valence-corrected chi connectivity index (χ0v) is 12.4. The first-order valence-electron chi connectivity index (χ1n) is 7.35. The van der Waals surface area contributed by atoms with Crippen LogP contribution < -0.4 is 5.32 Å². The molecule has 0 saturated heterocycles. The van der Waals surface area contributed by atoms with Crippen LogP contribution in [0.1, 0.15) is 35.4 Å². The summed E-state index contributed by atoms with van der Waals surface area (Å²) in [5, 5.41) is 13.2. The van der Waals surface area contributed by atoms with Gasteiger partial charge in [0.05, 0.1) is 0 Å². The lowest BCUT2D eigenvalue weighted by Crippen LogP contribution is -2.34. The third-order valence-corrected chi connectivity index (χ3v) is 4.38. The molecular formula is C18H20FNO. The zero-order chi connectivity index (χ0) is 15.0. The van der Waals surface area contributed by atoms with Gasteiger partial charge in [0.2, 0.25) is 0 Å². The van der Waals surface area contributed by atoms with E-state index in [2.05, 4.69) is 5.32 Å². The molecule has 0 atom stereocenters. The van der Waals surface area contributed by atoms with E-state index >= 15 is 0 Å². The summed E-state index contributed by atoms with van der Waals surface area (Å²) in [4.78, 5) is 0. The van der Waals surface area contributed by atoms with Crippen LogP contribution in [0.4, 0.5) is 10.1 Å². The van der Waals surface area contributed by atoms with E-state index in [-0.39, 0.29) is 5.82 Å². The number of phenolic OH excluding ortho intramolecular Hbond substituents is 1. The van der Waals surface area contributed by atoms with Crippen LogP contribution in [0, 0.1) is 19.7 Å². The van der Waals surface area contributed by atoms with E-state index in [0.29, 0.717) is 17.7 Å². The van der Waals surface area contributed by atoms with Gasteiger partial charge in [0.15, 0.2) is 0 Å². The predicted molar refractivity (Wildman–Crippen MR) is 83.4 cm³/mol. The maximum absolute atomic E-state index is 12.9. The Kier molecular flexibility index (Phi) is 3.58. The number of nitrogens with one attached hydrogen (secondary N) is 1. The van der Waals surface area contributed by atoms with E-state index in [9.17, 15) is 9.50 Å². The number of anilines is 1. The van der Waals surface area contributed by atoms with Gasteiger partial charge < -0.3 is 10.4 Å². The van der Waals surface area contributed by atoms with Gasteiger partial charge in [-0.05, 0) is 73.6 Å². The normalized spacial score (nSPS) is 20.9. The van der Waals surface area contributed by atoms with Crippen LogP contribution in [0.5, 0.6) is 5.75 Å². The fourth-order valence-electron chi connectivity index (χ4n) is 2.92. The highest BCUT2D eigenvalue weighted by Crippen LogP contribution is 2.39. The molecule has 1 aliphatic rings. The minimum absolute atomic E-state index is 0.178. The van der Waals surface area contributed by atoms with Crippen molar-refractivity contribution in [2.75, 3.05) is 5.32 Å². The van der Waals surface area contributed by atoms with Gasteiger partial charge in [0.1, 0.15) is 11.6 Å². The summed E-state index contributed by atoms with van der Waals surface area (Å²) < 4.78 is 12.9. The van der Waals surface area contributed by atoms with Gasteiger partial charge >= 0.3 is 0 Å². The molecule has 2 aromatic rings. The van der Waals surface area contributed by atoms with Gasteiger partial charge in [-0.25, -0.2) is 4.39 Å². The molecule has 21 heavy (non-hydrogen) atoms. The number of benzene rings is 2. The quantitative estimate of drug-likeness (QED) is 0.813. The summed E-state index contributed by atoms with van der Waals surface area (Å²) in [6, 6.07) is 11.1. The molecule has 2 nitrogen and oxygen atoms in total. The van der Waals surface area contributed by atoms with Crippen LogP contribution >= 0.6 is 0 Å². The lowest BCUT2D eigenvalue weighted by molar-refractivity contribution is 0.373. The first-order chi connectivity index (χ1) is 10.0. The summed E-state index contributed by atoms with van der Waals surface area (Å²) in [6.45, 7) is 3.90. The number of phenols is 1. The van der Waals surface area contributed by atoms with Crippen LogP contribution in [0.25, 0.3) is 0 Å². The first kappa shape index (κ1) is 13.9. The average Bonchev–Trinajstić information content (AvgIpc) is 2.40. The highest BCUT2D eigenvalue weighted by atomic mass is 19.1. The minimum Gasteiger partial charge on any atom is -0.508 e. The molecule has 2 aromatic carbocycles. The molecule has 2 N–H and O–H groups in total. The van der Waals surface area contributed by atoms with Gasteiger partial charge in [0.25, 0.3) is 0 Å². The Labute approximate surface area is 124 Å². The molecule has 3 rings (SSSR count). The van der Waals surface area contributed by atoms with E-state index in [1.165, 1.54) is 17.7 Å². The Morgan fingerprint density at radius 1 is 1.05 bits per heavy atom. The standard InChI is InChI=1S/C18H20FNO/c1-11-8-18(21)12(2)7-17(11)20-16-9-14(10-16)13-3-5-15(19)6-4-13/h3-8,14,16,20-21H,9-10H2,1-2H3. The Bertz CT molecular complexity index is 645. The molecule has 0 spiro atoms. The van der Waals surface area contributed by atoms with Crippen LogP contribution in [0.3, 0.4) is 0 Å². The number of hydrogen-bond acceptors (Lipinski definition) is 2. The molecule has 0 heterocycles. The SMILES string of the molecule is Cc1cc(NC2CC(c3ccc(F)cc3)C2)c(C)cc1O. The molecule has 0 radical (unpaired) electrons. The maximum atomic E-state index is 12.9. The van der Waals surface area contributed by atoms with Gasteiger partial charge in [0, 0.05) is 11.7 Å². The molecular weight excluding hydrogens is 265 g/mol. The second-order valence-corrected chi connectivity index (χ2v) is 6.01. The summed E-state index contributed by atoms with van der Waals surface area (Å²) in [5.41, 5.74) is 4.25. The molecule has 1 fully saturated rings. The Balaban J connectivity index is 1.62. The van der Waals surface area contributed by atoms with Crippen LogP contribution in [0.15, 0.2) is 36.4 Å². The smallest absolute Gasteiger partial charge is 0.123 e. The van der Waals surface area contributed by atoms with E-state index in [1.54, 1.807) is 6.07 Å². The fraction of sp³-hybridized carbons (Fsp3) is 0.333. The van der Waals surface area contributed by atoms with Gasteiger partial charge in [-0.3, -0.25) is 0 Å². The summed E-state index contributed by atoms with van der Waals surface area (Å²) >= 11 is 0. The topological polar surface area (TPSA) is 32.3 Å². The predicted octanol–water partition coefficient (Wildman–Crippen LogP) is 4.51. The molecule has 1 aliphatic carbocycles. The highest BCUT2D eigenvalue weighted by Gasteiger charge is 2.30. The van der Waals surface area contributed by atoms with E-state index < -0.39 is 0 Å². The summed E-state index contributed by atoms with van der Waals surface area (Å²) in [5.74, 6) is 0.681. The van der Waals surface area contributed by atoms with E-state index in [1.807, 2.05) is 32.0 Å². The van der Waals surface area contributed by atoms with Crippen molar-refractivity contribution >= 4 is 5.69 Å². The average molecular weight is 285 g/mol. The lowest BCUT2D eigenvalue weighted by Gasteiger charge is -2.37. The van der Waals surface area contributed by atoms with Crippen molar-refractivity contribution in [1.29, 1.82) is 0 Å². The van der Waals surface area contributed by atoms with Crippen molar-refractivity contribution in [1.82, 2.24) is 0 Å². The molecule has 0 aromatic heterocycles. The third-order valence-electron chi connectivity index (χ3n) is 4.38. The molecule has 1 saturated carbocycles. The number of aryl methyl sites for hydroxylation is 2. The fourth-order valence-corrected chi connectivity index (χ4v) is 2.92. The molecule has 0 unspecified atom stereocenters. The van der Waals surface area contributed by atoms with Crippen LogP contribution in [0.2, 0.25) is 0 Å². The molecule has 3 heteroatoms. The zero-order valence-electron chi connectivity index (χ0n) is 12.4. The lowest BCUT2D eigenvalue weighted by atomic mass is 9.75. The highest BCUT2D eigenvalue weighted by molar-refractivity contribution is 5.57. The third kappa shape index (κ3) is 2.87. The molecule has 0 amide bonds. The number of aromatic hydroxyl groups is 1. The van der Waals surface area contributed by atoms with Crippen LogP contribution in [-0.2, 0) is 0 Å². The summed E-state index contributed by atoms with van der Waals surface area (Å²) in [7, 11) is 0. The monoisotopic (exact) mass is 285 g/mol. The largest absolute Gasteiger partial charge is 0.508 e. The second-order valence-electron chi connectivity index (χ2n) is 6.01. The van der Waals surface area contributed by atoms with Gasteiger partial charge in [-0.1, -0.05) is 12.1 Å². The number of halogens is 1. The first-order valence-corrected chi connectivity index (χ1v) is 7.35. The van der Waals surface area contributed by atoms with E-state index in [0.717, 1.165) is 29.7 Å². The van der Waals surface area contributed by atoms with Crippen molar-refractivity contribution in [3.05, 3.63) is 58.9 Å². The van der Waals surface area contributed by atoms with Crippen molar-refractivity contribution in [2.24, 2.45) is 0 Å². The van der Waals surface area contributed by atoms with E-state index in [4.69, 9.17) is 0 Å². The van der Waals surface area contributed by atoms with Gasteiger partial charge in [-0.2, -0.15) is 0 Å². The Morgan fingerprint density at radius 3 is 2.38 bits per heavy atom. The van der Waals surface area contributed by atoms with Gasteiger partial charge in [-0.15, -0.1) is 0 Å². The van der Waals surface area contributed by atoms with Crippen LogP contribution in [-0.4, -0.2) is 11.1 Å². The van der Waals surface area contributed by atoms with Crippen molar-refractivity contribution < 1.29 is 9.50 Å². The molecule has 0 aliphatic heterocycles. The Morgan fingerprint density at radius 2 is 1.71 bits per heavy atom.